The van der Waals surface area contributed by atoms with Gasteiger partial charge in [-0.3, -0.25) is 19.1 Å². The Morgan fingerprint density at radius 1 is 0.583 bits per heavy atom. The summed E-state index contributed by atoms with van der Waals surface area (Å²) in [6.07, 6.45) is 5.80. The van der Waals surface area contributed by atoms with E-state index in [9.17, 15) is 27.4 Å². The Bertz CT molecular complexity index is 3240. The lowest BCUT2D eigenvalue weighted by Crippen LogP contribution is -2.24. The van der Waals surface area contributed by atoms with Crippen LogP contribution < -0.4 is 18.9 Å². The number of methoxy groups -OCH3 is 4. The highest BCUT2D eigenvalue weighted by Crippen LogP contribution is 2.39. The molecule has 0 N–H and O–H groups in total. The van der Waals surface area contributed by atoms with Crippen molar-refractivity contribution in [3.63, 3.8) is 0 Å². The van der Waals surface area contributed by atoms with E-state index < -0.39 is 41.7 Å². The molecule has 0 aliphatic rings. The Labute approximate surface area is 424 Å². The Morgan fingerprint density at radius 3 is 1.25 bits per heavy atom. The number of benzene rings is 2. The summed E-state index contributed by atoms with van der Waals surface area (Å²) in [7, 11) is -1.58. The van der Waals surface area contributed by atoms with E-state index in [0.717, 1.165) is 0 Å². The maximum atomic E-state index is 13.5. The average Bonchev–Trinajstić information content (AvgIpc) is 4.23. The van der Waals surface area contributed by atoms with E-state index in [0.29, 0.717) is 67.3 Å². The van der Waals surface area contributed by atoms with Gasteiger partial charge in [-0.15, -0.1) is 20.4 Å². The third kappa shape index (κ3) is 11.2. The van der Waals surface area contributed by atoms with Crippen molar-refractivity contribution < 1.29 is 44.6 Å². The smallest absolute Gasteiger partial charge is 0.204 e. The number of para-hydroxylation sites is 2. The first kappa shape index (κ1) is 52.1. The van der Waals surface area contributed by atoms with Gasteiger partial charge in [0.15, 0.2) is 42.8 Å². The van der Waals surface area contributed by atoms with Crippen molar-refractivity contribution in [3.8, 4) is 69.7 Å². The second kappa shape index (κ2) is 22.5. The fourth-order valence-electron chi connectivity index (χ4n) is 7.42. The zero-order valence-corrected chi connectivity index (χ0v) is 42.5. The van der Waals surface area contributed by atoms with E-state index in [1.807, 2.05) is 12.1 Å². The quantitative estimate of drug-likeness (QED) is 0.0787. The minimum absolute atomic E-state index is 0.0273. The lowest BCUT2D eigenvalue weighted by molar-refractivity contribution is 0.390. The first-order valence-corrected chi connectivity index (χ1v) is 25.7. The summed E-state index contributed by atoms with van der Waals surface area (Å²) >= 11 is 11.8. The molecular weight excluding hydrogens is 1010 g/mol. The summed E-state index contributed by atoms with van der Waals surface area (Å²) in [5.41, 5.74) is 2.02. The first-order valence-electron chi connectivity index (χ1n) is 21.5. The normalized spacial score (nSPS) is 12.2. The van der Waals surface area contributed by atoms with Crippen molar-refractivity contribution >= 4 is 42.9 Å². The molecule has 0 fully saturated rings. The van der Waals surface area contributed by atoms with Crippen molar-refractivity contribution in [2.24, 2.45) is 0 Å². The van der Waals surface area contributed by atoms with Crippen molar-refractivity contribution in [3.05, 3.63) is 142 Å². The molecule has 0 aliphatic heterocycles. The number of pyridine rings is 2. The highest BCUT2D eigenvalue weighted by atomic mass is 35.5. The monoisotopic (exact) mass is 1050 g/mol. The molecule has 2 aromatic carbocycles. The number of nitriles is 2. The molecule has 72 heavy (non-hydrogen) atoms. The lowest BCUT2D eigenvalue weighted by Gasteiger charge is -2.18. The summed E-state index contributed by atoms with van der Waals surface area (Å²) in [6, 6.07) is 24.1. The summed E-state index contributed by atoms with van der Waals surface area (Å²) in [5, 5.41) is 34.5. The molecule has 20 nitrogen and oxygen atoms in total. The Morgan fingerprint density at radius 2 is 0.944 bits per heavy atom. The number of rotatable bonds is 18. The predicted molar refractivity (Wildman–Crippen MR) is 264 cm³/mol. The van der Waals surface area contributed by atoms with Gasteiger partial charge in [-0.25, -0.2) is 16.8 Å². The van der Waals surface area contributed by atoms with Crippen LogP contribution in [0.4, 0.5) is 0 Å². The van der Waals surface area contributed by atoms with E-state index in [1.54, 1.807) is 83.6 Å². The number of hydrogen-bond donors (Lipinski definition) is 0. The van der Waals surface area contributed by atoms with Crippen LogP contribution in [0.15, 0.2) is 107 Å². The van der Waals surface area contributed by atoms with Crippen LogP contribution in [0.2, 0.25) is 10.0 Å². The fourth-order valence-corrected chi connectivity index (χ4v) is 10.2. The summed E-state index contributed by atoms with van der Waals surface area (Å²) in [5.74, 6) is 2.44. The number of aromatic nitrogens is 8. The molecule has 0 unspecified atom stereocenters. The molecule has 0 radical (unpaired) electrons. The number of ether oxygens (including phenoxy) is 4. The van der Waals surface area contributed by atoms with E-state index >= 15 is 0 Å². The molecule has 24 heteroatoms. The molecule has 6 aromatic heterocycles. The molecule has 0 bridgehead atoms. The number of halogens is 2. The van der Waals surface area contributed by atoms with Gasteiger partial charge in [-0.05, 0) is 74.5 Å². The fraction of sp³-hybridized carbons (Fsp3) is 0.250. The van der Waals surface area contributed by atoms with Crippen LogP contribution in [0.5, 0.6) is 23.0 Å². The number of nitrogens with zero attached hydrogens (tertiary/aromatic N) is 10. The van der Waals surface area contributed by atoms with Gasteiger partial charge in [0.2, 0.25) is 11.6 Å². The van der Waals surface area contributed by atoms with Crippen LogP contribution in [0.25, 0.3) is 34.5 Å². The van der Waals surface area contributed by atoms with Crippen molar-refractivity contribution in [1.82, 2.24) is 39.5 Å². The predicted octanol–water partition coefficient (Wildman–Crippen LogP) is 8.02. The number of hydrogen-bond acceptors (Lipinski definition) is 18. The van der Waals surface area contributed by atoms with Gasteiger partial charge in [0.05, 0.1) is 84.0 Å². The zero-order chi connectivity index (χ0) is 51.7. The summed E-state index contributed by atoms with van der Waals surface area (Å²) < 4.78 is 90.2. The maximum absolute atomic E-state index is 13.5. The molecule has 0 saturated heterocycles. The minimum Gasteiger partial charge on any atom is -0.494 e. The van der Waals surface area contributed by atoms with E-state index in [4.69, 9.17) is 51.0 Å². The topological polar surface area (TPSA) is 266 Å². The van der Waals surface area contributed by atoms with Crippen LogP contribution in [0.3, 0.4) is 0 Å². The van der Waals surface area contributed by atoms with Crippen molar-refractivity contribution in [2.75, 3.05) is 28.4 Å². The molecule has 8 aromatic rings. The van der Waals surface area contributed by atoms with Crippen molar-refractivity contribution in [1.29, 1.82) is 10.5 Å². The minimum atomic E-state index is -3.79. The third-order valence-electron chi connectivity index (χ3n) is 11.2. The molecule has 0 amide bonds. The van der Waals surface area contributed by atoms with E-state index in [1.165, 1.54) is 65.5 Å². The van der Waals surface area contributed by atoms with Gasteiger partial charge < -0.3 is 27.8 Å². The van der Waals surface area contributed by atoms with Crippen LogP contribution >= 0.6 is 23.2 Å². The average molecular weight is 1060 g/mol. The first-order chi connectivity index (χ1) is 34.6. The summed E-state index contributed by atoms with van der Waals surface area (Å²) in [4.78, 5) is 8.32. The number of sulfone groups is 2. The van der Waals surface area contributed by atoms with Gasteiger partial charge in [0, 0.05) is 25.2 Å². The maximum Gasteiger partial charge on any atom is 0.204 e. The molecule has 372 valence electrons. The molecule has 0 aliphatic carbocycles. The van der Waals surface area contributed by atoms with Gasteiger partial charge >= 0.3 is 0 Å². The van der Waals surface area contributed by atoms with Crippen molar-refractivity contribution in [2.45, 2.75) is 48.7 Å². The highest BCUT2D eigenvalue weighted by Gasteiger charge is 2.32. The Kier molecular flexibility index (Phi) is 16.3. The third-order valence-corrected chi connectivity index (χ3v) is 15.7. The van der Waals surface area contributed by atoms with E-state index in [2.05, 4.69) is 30.4 Å². The molecule has 0 saturated carbocycles. The Hall–Kier alpha value is -7.76. The summed E-state index contributed by atoms with van der Waals surface area (Å²) in [6.45, 7) is 3.12. The van der Waals surface area contributed by atoms with Crippen LogP contribution in [0, 0.1) is 22.7 Å². The zero-order valence-electron chi connectivity index (χ0n) is 39.3. The highest BCUT2D eigenvalue weighted by molar-refractivity contribution is 7.91. The molecule has 6 heterocycles. The standard InChI is InChI=1S/2C24H22ClN5O5S/c2*1-15(10-18-16(12-26)11-17(25)13-27-18)36(31,32)14-22-28-29-24(21-8-5-9-35-21)30(22)23-19(33-2)6-4-7-20(23)34-3/h2*4-9,11,13,15H,10,14H2,1-3H3/t2*15-/m10/s1. The van der Waals surface area contributed by atoms with Gasteiger partial charge in [-0.1, -0.05) is 35.3 Å². The molecule has 0 spiro atoms. The van der Waals surface area contributed by atoms with Crippen LogP contribution in [0.1, 0.15) is 48.0 Å². The largest absolute Gasteiger partial charge is 0.494 e. The molecule has 2 atom stereocenters. The lowest BCUT2D eigenvalue weighted by atomic mass is 10.1. The van der Waals surface area contributed by atoms with Crippen LogP contribution in [-0.2, 0) is 44.0 Å². The SMILES string of the molecule is COc1cccc(OC)c1-n1c(CS(=O)(=O)[C@@H](C)Cc2ncc(Cl)cc2C#N)nnc1-c1ccco1.COc1cccc(OC)c1-n1c(CS(=O)(=O)[C@H](C)Cc2ncc(Cl)cc2C#N)nnc1-c1ccco1. The van der Waals surface area contributed by atoms with E-state index in [-0.39, 0.29) is 47.3 Å². The van der Waals surface area contributed by atoms with Gasteiger partial charge in [0.1, 0.15) is 58.0 Å². The van der Waals surface area contributed by atoms with Crippen LogP contribution in [-0.4, -0.2) is 95.3 Å². The van der Waals surface area contributed by atoms with Gasteiger partial charge in [-0.2, -0.15) is 10.5 Å². The number of furan rings is 2. The molecular formula is C48H44Cl2N10O10S2. The second-order valence-corrected chi connectivity index (χ2v) is 21.4. The molecule has 8 rings (SSSR count). The Balaban J connectivity index is 0.000000211. The van der Waals surface area contributed by atoms with Gasteiger partial charge in [0.25, 0.3) is 0 Å². The second-order valence-electron chi connectivity index (χ2n) is 15.7.